The zero-order valence-electron chi connectivity index (χ0n) is 15.1. The number of carbonyl (C=O) groups is 2. The van der Waals surface area contributed by atoms with E-state index in [2.05, 4.69) is 0 Å². The third kappa shape index (κ3) is 7.23. The van der Waals surface area contributed by atoms with E-state index in [1.165, 1.54) is 38.5 Å². The number of hydrogen-bond acceptors (Lipinski definition) is 4. The number of rotatable bonds is 9. The summed E-state index contributed by atoms with van der Waals surface area (Å²) in [4.78, 5) is 23.8. The van der Waals surface area contributed by atoms with Gasteiger partial charge in [0.05, 0.1) is 25.0 Å². The molecule has 2 fully saturated rings. The number of hydrogen-bond donors (Lipinski definition) is 0. The van der Waals surface area contributed by atoms with Gasteiger partial charge >= 0.3 is 11.9 Å². The Morgan fingerprint density at radius 2 is 0.958 bits per heavy atom. The van der Waals surface area contributed by atoms with Crippen molar-refractivity contribution < 1.29 is 19.1 Å². The zero-order valence-corrected chi connectivity index (χ0v) is 15.1. The molecule has 0 bridgehead atoms. The highest BCUT2D eigenvalue weighted by atomic mass is 16.5. The van der Waals surface area contributed by atoms with Crippen molar-refractivity contribution in [3.8, 4) is 0 Å². The van der Waals surface area contributed by atoms with Crippen molar-refractivity contribution in [2.75, 3.05) is 13.2 Å². The largest absolute Gasteiger partial charge is 0.465 e. The molecule has 2 aliphatic rings. The van der Waals surface area contributed by atoms with E-state index in [9.17, 15) is 9.59 Å². The van der Waals surface area contributed by atoms with Gasteiger partial charge in [-0.15, -0.1) is 0 Å². The average molecular weight is 338 g/mol. The fraction of sp³-hybridized carbons (Fsp3) is 0.900. The first kappa shape index (κ1) is 19.3. The van der Waals surface area contributed by atoms with Gasteiger partial charge in [0.25, 0.3) is 0 Å². The third-order valence-electron chi connectivity index (χ3n) is 5.40. The lowest BCUT2D eigenvalue weighted by atomic mass is 9.89. The van der Waals surface area contributed by atoms with Gasteiger partial charge in [-0.05, 0) is 51.4 Å². The molecule has 0 heterocycles. The minimum absolute atomic E-state index is 0.0103. The standard InChI is InChI=1S/C20H34O4/c21-19(17-11-5-3-6-12-17)23-15-9-1-2-10-16-24-20(22)18-13-7-4-8-14-18/h17-18H,1-16H2. The van der Waals surface area contributed by atoms with E-state index in [4.69, 9.17) is 9.47 Å². The van der Waals surface area contributed by atoms with Gasteiger partial charge in [-0.2, -0.15) is 0 Å². The van der Waals surface area contributed by atoms with Gasteiger partial charge in [-0.1, -0.05) is 38.5 Å². The lowest BCUT2D eigenvalue weighted by Gasteiger charge is -2.20. The van der Waals surface area contributed by atoms with Crippen LogP contribution in [0.25, 0.3) is 0 Å². The predicted molar refractivity (Wildman–Crippen MR) is 93.5 cm³/mol. The van der Waals surface area contributed by atoms with E-state index in [1.807, 2.05) is 0 Å². The lowest BCUT2D eigenvalue weighted by molar-refractivity contribution is -0.151. The van der Waals surface area contributed by atoms with E-state index in [0.29, 0.717) is 13.2 Å². The van der Waals surface area contributed by atoms with Crippen molar-refractivity contribution in [3.05, 3.63) is 0 Å². The first-order chi connectivity index (χ1) is 11.8. The molecular formula is C20H34O4. The summed E-state index contributed by atoms with van der Waals surface area (Å²) in [6, 6.07) is 0. The van der Waals surface area contributed by atoms with E-state index in [1.54, 1.807) is 0 Å². The smallest absolute Gasteiger partial charge is 0.308 e. The van der Waals surface area contributed by atoms with Crippen molar-refractivity contribution >= 4 is 11.9 Å². The second-order valence-electron chi connectivity index (χ2n) is 7.42. The summed E-state index contributed by atoms with van der Waals surface area (Å²) in [6.45, 7) is 1.08. The van der Waals surface area contributed by atoms with Gasteiger partial charge in [0.15, 0.2) is 0 Å². The van der Waals surface area contributed by atoms with Crippen molar-refractivity contribution in [1.82, 2.24) is 0 Å². The molecule has 4 nitrogen and oxygen atoms in total. The summed E-state index contributed by atoms with van der Waals surface area (Å²) in [5, 5.41) is 0. The summed E-state index contributed by atoms with van der Waals surface area (Å²) in [5.41, 5.74) is 0. The van der Waals surface area contributed by atoms with Crippen LogP contribution in [0.5, 0.6) is 0 Å². The van der Waals surface area contributed by atoms with Gasteiger partial charge < -0.3 is 9.47 Å². The summed E-state index contributed by atoms with van der Waals surface area (Å²) in [7, 11) is 0. The molecule has 0 aromatic carbocycles. The van der Waals surface area contributed by atoms with Gasteiger partial charge in [-0.3, -0.25) is 9.59 Å². The second kappa shape index (κ2) is 11.5. The second-order valence-corrected chi connectivity index (χ2v) is 7.42. The number of ether oxygens (including phenoxy) is 2. The van der Waals surface area contributed by atoms with Crippen molar-refractivity contribution in [3.63, 3.8) is 0 Å². The van der Waals surface area contributed by atoms with Crippen LogP contribution in [-0.4, -0.2) is 25.2 Å². The molecule has 4 heteroatoms. The summed E-state index contributed by atoms with van der Waals surface area (Å²) in [5.74, 6) is 0.322. The molecule has 2 rings (SSSR count). The maximum atomic E-state index is 11.9. The van der Waals surface area contributed by atoms with Crippen LogP contribution in [0.2, 0.25) is 0 Å². The molecule has 0 saturated heterocycles. The highest BCUT2D eigenvalue weighted by molar-refractivity contribution is 5.72. The average Bonchev–Trinajstić information content (AvgIpc) is 2.65. The highest BCUT2D eigenvalue weighted by Gasteiger charge is 2.23. The van der Waals surface area contributed by atoms with Crippen molar-refractivity contribution in [1.29, 1.82) is 0 Å². The number of esters is 2. The van der Waals surface area contributed by atoms with Crippen LogP contribution in [0.1, 0.15) is 89.9 Å². The van der Waals surface area contributed by atoms with Crippen molar-refractivity contribution in [2.45, 2.75) is 89.9 Å². The van der Waals surface area contributed by atoms with Crippen LogP contribution in [0.15, 0.2) is 0 Å². The first-order valence-electron chi connectivity index (χ1n) is 10.1. The molecule has 0 radical (unpaired) electrons. The molecule has 24 heavy (non-hydrogen) atoms. The molecule has 0 aromatic heterocycles. The summed E-state index contributed by atoms with van der Waals surface area (Å²) >= 11 is 0. The Morgan fingerprint density at radius 3 is 1.33 bits per heavy atom. The molecule has 138 valence electrons. The maximum absolute atomic E-state index is 11.9. The van der Waals surface area contributed by atoms with Crippen LogP contribution in [0.3, 0.4) is 0 Å². The predicted octanol–water partition coefficient (Wildman–Crippen LogP) is 4.79. The number of unbranched alkanes of at least 4 members (excludes halogenated alkanes) is 3. The SMILES string of the molecule is O=C(OCCCCCCOC(=O)C1CCCCC1)C1CCCCC1. The van der Waals surface area contributed by atoms with Gasteiger partial charge in [-0.25, -0.2) is 0 Å². The van der Waals surface area contributed by atoms with Crippen molar-refractivity contribution in [2.24, 2.45) is 11.8 Å². The molecule has 0 spiro atoms. The lowest BCUT2D eigenvalue weighted by Crippen LogP contribution is -2.21. The Kier molecular flexibility index (Phi) is 9.22. The molecule has 0 N–H and O–H groups in total. The fourth-order valence-corrected chi connectivity index (χ4v) is 3.82. The monoisotopic (exact) mass is 338 g/mol. The first-order valence-corrected chi connectivity index (χ1v) is 10.1. The topological polar surface area (TPSA) is 52.6 Å². The summed E-state index contributed by atoms with van der Waals surface area (Å²) < 4.78 is 10.8. The third-order valence-corrected chi connectivity index (χ3v) is 5.40. The maximum Gasteiger partial charge on any atom is 0.308 e. The Morgan fingerprint density at radius 1 is 0.583 bits per heavy atom. The quantitative estimate of drug-likeness (QED) is 0.448. The van der Waals surface area contributed by atoms with Gasteiger partial charge in [0.1, 0.15) is 0 Å². The molecule has 0 unspecified atom stereocenters. The normalized spacial score (nSPS) is 19.8. The van der Waals surface area contributed by atoms with Crippen LogP contribution in [-0.2, 0) is 19.1 Å². The molecule has 0 atom stereocenters. The highest BCUT2D eigenvalue weighted by Crippen LogP contribution is 2.25. The van der Waals surface area contributed by atoms with E-state index < -0.39 is 0 Å². The Balaban J connectivity index is 1.40. The molecular weight excluding hydrogens is 304 g/mol. The van der Waals surface area contributed by atoms with Crippen LogP contribution >= 0.6 is 0 Å². The fourth-order valence-electron chi connectivity index (χ4n) is 3.82. The molecule has 0 aromatic rings. The molecule has 2 aliphatic carbocycles. The minimum atomic E-state index is 0.0103. The van der Waals surface area contributed by atoms with Crippen LogP contribution in [0.4, 0.5) is 0 Å². The number of carbonyl (C=O) groups excluding carboxylic acids is 2. The summed E-state index contributed by atoms with van der Waals surface area (Å²) in [6.07, 6.45) is 15.1. The van der Waals surface area contributed by atoms with E-state index >= 15 is 0 Å². The Bertz CT molecular complexity index is 332. The minimum Gasteiger partial charge on any atom is -0.465 e. The molecule has 0 aliphatic heterocycles. The van der Waals surface area contributed by atoms with Crippen LogP contribution in [0, 0.1) is 11.8 Å². The molecule has 0 amide bonds. The molecule has 2 saturated carbocycles. The van der Waals surface area contributed by atoms with E-state index in [-0.39, 0.29) is 23.8 Å². The van der Waals surface area contributed by atoms with E-state index in [0.717, 1.165) is 51.4 Å². The van der Waals surface area contributed by atoms with Crippen LogP contribution < -0.4 is 0 Å². The Hall–Kier alpha value is -1.06. The van der Waals surface area contributed by atoms with Gasteiger partial charge in [0.2, 0.25) is 0 Å². The zero-order chi connectivity index (χ0) is 17.0. The van der Waals surface area contributed by atoms with Gasteiger partial charge in [0, 0.05) is 0 Å². The Labute approximate surface area is 146 Å².